The van der Waals surface area contributed by atoms with Gasteiger partial charge in [-0.25, -0.2) is 17.9 Å². The summed E-state index contributed by atoms with van der Waals surface area (Å²) in [6.07, 6.45) is 7.01. The molecule has 2 amide bonds. The molecule has 0 aromatic heterocycles. The Morgan fingerprint density at radius 3 is 2.63 bits per heavy atom. The van der Waals surface area contributed by atoms with Gasteiger partial charge in [0.1, 0.15) is 5.75 Å². The number of ether oxygens (including phenoxy) is 3. The van der Waals surface area contributed by atoms with Gasteiger partial charge in [-0.2, -0.15) is 0 Å². The predicted molar refractivity (Wildman–Crippen MR) is 205 cm³/mol. The summed E-state index contributed by atoms with van der Waals surface area (Å²) >= 11 is 6.45. The molecular weight excluding hydrogens is 734 g/mol. The molecule has 3 N–H and O–H groups in total. The topological polar surface area (TPSA) is 161 Å². The highest BCUT2D eigenvalue weighted by Gasteiger charge is 2.50. The van der Waals surface area contributed by atoms with Gasteiger partial charge in [-0.1, -0.05) is 36.7 Å². The number of hydrogen-bond acceptors (Lipinski definition) is 10. The lowest BCUT2D eigenvalue weighted by Crippen LogP contribution is -2.56. The maximum Gasteiger partial charge on any atom is 0.331 e. The van der Waals surface area contributed by atoms with Crippen LogP contribution in [-0.2, 0) is 40.9 Å². The highest BCUT2D eigenvalue weighted by molar-refractivity contribution is 7.90. The van der Waals surface area contributed by atoms with Crippen LogP contribution in [0.25, 0.3) is 0 Å². The number of esters is 1. The van der Waals surface area contributed by atoms with E-state index in [0.29, 0.717) is 42.6 Å². The molecule has 8 atom stereocenters. The van der Waals surface area contributed by atoms with E-state index in [1.807, 2.05) is 24.3 Å². The molecule has 294 valence electrons. The number of methoxy groups -OCH3 is 2. The van der Waals surface area contributed by atoms with Crippen LogP contribution in [0.4, 0.5) is 5.69 Å². The summed E-state index contributed by atoms with van der Waals surface area (Å²) in [5.74, 6) is -1.89. The minimum absolute atomic E-state index is 0.0361. The fraction of sp³-hybridized carbons (Fsp3) is 0.575. The van der Waals surface area contributed by atoms with E-state index in [1.54, 1.807) is 39.2 Å². The van der Waals surface area contributed by atoms with Crippen LogP contribution in [-0.4, -0.2) is 88.2 Å². The Hall–Kier alpha value is -3.65. The number of aryl methyl sites for hydroxylation is 1. The van der Waals surface area contributed by atoms with Crippen molar-refractivity contribution in [2.24, 2.45) is 17.8 Å². The van der Waals surface area contributed by atoms with Crippen molar-refractivity contribution in [1.29, 1.82) is 0 Å². The minimum Gasteiger partial charge on any atom is -0.490 e. The Balaban J connectivity index is 1.43. The second-order valence-electron chi connectivity index (χ2n) is 15.7. The van der Waals surface area contributed by atoms with Crippen LogP contribution in [0.3, 0.4) is 0 Å². The number of carbonyl (C=O) groups is 3. The lowest BCUT2D eigenvalue weighted by atomic mass is 9.62. The predicted octanol–water partition coefficient (Wildman–Crippen LogP) is 4.70. The average molecular weight is 786 g/mol. The summed E-state index contributed by atoms with van der Waals surface area (Å²) in [7, 11) is -1.33. The fourth-order valence-corrected chi connectivity index (χ4v) is 10.3. The number of aliphatic hydroxyl groups excluding tert-OH is 1. The number of carbonyl (C=O) groups excluding carboxylic acids is 3. The van der Waals surface area contributed by atoms with Gasteiger partial charge in [-0.3, -0.25) is 9.59 Å². The second kappa shape index (κ2) is 15.8. The van der Waals surface area contributed by atoms with E-state index in [1.165, 1.54) is 25.2 Å². The van der Waals surface area contributed by atoms with Crippen LogP contribution in [0.15, 0.2) is 48.6 Å². The van der Waals surface area contributed by atoms with Crippen LogP contribution in [0.1, 0.15) is 80.8 Å². The molecular formula is C40H52ClN3O9S. The zero-order chi connectivity index (χ0) is 39.0. The van der Waals surface area contributed by atoms with E-state index in [9.17, 15) is 27.9 Å². The highest BCUT2D eigenvalue weighted by Crippen LogP contribution is 2.50. The normalized spacial score (nSPS) is 30.9. The van der Waals surface area contributed by atoms with Crippen molar-refractivity contribution in [2.75, 3.05) is 38.8 Å². The van der Waals surface area contributed by atoms with E-state index >= 15 is 0 Å². The van der Waals surface area contributed by atoms with Crippen LogP contribution in [0, 0.1) is 17.8 Å². The summed E-state index contributed by atoms with van der Waals surface area (Å²) in [5.41, 5.74) is 1.74. The molecule has 2 aromatic rings. The maximum absolute atomic E-state index is 13.8. The molecule has 2 heterocycles. The standard InChI is InChI=1S/C40H52ClN3O9S/c1-24-8-6-17-40(52-5,20-35(46)42-36(25(2)45)38(48)51-4)32-13-10-29(32)21-44-22-39(16-7-9-27-18-30(41)12-14-31(27)39)23-53-34-15-11-28(19-33(34)44)37(47)43-54(49,50)26(24)3/h6,11-12,14-15,17-19,24-26,29,32,36,45H,7-10,13,16,20-23H2,1-5H3,(H,42,46)(H,43,47)/b17-6+/t24-,25+,26+,29-,32+,36+,39-,40+/m0/s1. The molecule has 6 rings (SSSR count). The third kappa shape index (κ3) is 7.87. The quantitative estimate of drug-likeness (QED) is 0.277. The molecule has 1 saturated carbocycles. The lowest BCUT2D eigenvalue weighted by Gasteiger charge is -2.50. The number of fused-ring (bicyclic) bond motifs is 4. The molecule has 0 radical (unpaired) electrons. The molecule has 4 aliphatic rings. The number of benzene rings is 2. The van der Waals surface area contributed by atoms with Crippen LogP contribution in [0.2, 0.25) is 5.02 Å². The van der Waals surface area contributed by atoms with Gasteiger partial charge in [0.25, 0.3) is 5.91 Å². The van der Waals surface area contributed by atoms with E-state index in [-0.39, 0.29) is 23.8 Å². The van der Waals surface area contributed by atoms with Gasteiger partial charge in [0, 0.05) is 36.2 Å². The number of amides is 2. The molecule has 12 nitrogen and oxygen atoms in total. The van der Waals surface area contributed by atoms with E-state index < -0.39 is 62.1 Å². The van der Waals surface area contributed by atoms with Crippen molar-refractivity contribution in [3.05, 3.63) is 70.3 Å². The molecule has 0 saturated heterocycles. The molecule has 2 aromatic carbocycles. The Labute approximate surface area is 323 Å². The van der Waals surface area contributed by atoms with Gasteiger partial charge < -0.3 is 29.5 Å². The minimum atomic E-state index is -4.08. The number of nitrogens with one attached hydrogen (secondary N) is 2. The monoisotopic (exact) mass is 785 g/mol. The molecule has 1 fully saturated rings. The van der Waals surface area contributed by atoms with Gasteiger partial charge in [0.15, 0.2) is 6.04 Å². The second-order valence-corrected chi connectivity index (χ2v) is 18.1. The summed E-state index contributed by atoms with van der Waals surface area (Å²) in [5, 5.41) is 12.7. The smallest absolute Gasteiger partial charge is 0.331 e. The number of rotatable bonds is 6. The Kier molecular flexibility index (Phi) is 11.7. The number of sulfonamides is 1. The van der Waals surface area contributed by atoms with E-state index in [0.717, 1.165) is 32.1 Å². The van der Waals surface area contributed by atoms with E-state index in [2.05, 4.69) is 21.0 Å². The molecule has 1 spiro atoms. The number of halogens is 1. The zero-order valence-corrected chi connectivity index (χ0v) is 33.2. The number of anilines is 1. The maximum atomic E-state index is 13.8. The molecule has 54 heavy (non-hydrogen) atoms. The first-order chi connectivity index (χ1) is 25.6. The van der Waals surface area contributed by atoms with Gasteiger partial charge >= 0.3 is 5.97 Å². The first-order valence-corrected chi connectivity index (χ1v) is 20.7. The van der Waals surface area contributed by atoms with Crippen molar-refractivity contribution >= 4 is 45.1 Å². The van der Waals surface area contributed by atoms with Crippen molar-refractivity contribution in [3.8, 4) is 5.75 Å². The summed E-state index contributed by atoms with van der Waals surface area (Å²) in [6, 6.07) is 9.84. The number of aliphatic hydroxyl groups is 1. The largest absolute Gasteiger partial charge is 0.490 e. The van der Waals surface area contributed by atoms with Gasteiger partial charge in [0.2, 0.25) is 15.9 Å². The fourth-order valence-electron chi connectivity index (χ4n) is 8.81. The van der Waals surface area contributed by atoms with Crippen molar-refractivity contribution in [3.63, 3.8) is 0 Å². The summed E-state index contributed by atoms with van der Waals surface area (Å²) < 4.78 is 47.2. The Morgan fingerprint density at radius 1 is 1.17 bits per heavy atom. The third-order valence-corrected chi connectivity index (χ3v) is 14.5. The van der Waals surface area contributed by atoms with Crippen LogP contribution in [0.5, 0.6) is 5.75 Å². The third-order valence-electron chi connectivity index (χ3n) is 12.3. The van der Waals surface area contributed by atoms with Crippen LogP contribution >= 0.6 is 11.6 Å². The van der Waals surface area contributed by atoms with Crippen molar-refractivity contribution in [2.45, 2.75) is 94.1 Å². The summed E-state index contributed by atoms with van der Waals surface area (Å²) in [6.45, 7) is 6.29. The van der Waals surface area contributed by atoms with E-state index in [4.69, 9.17) is 25.8 Å². The highest BCUT2D eigenvalue weighted by atomic mass is 35.5. The SMILES string of the molecule is COC(=O)[C@H](NC(=O)C[C@]1(OC)/C=C/C[C@H](C)[C@@H](C)S(=O)(=O)NC(=O)c2ccc3c(c2)N(C[C@@H]2CC[C@H]21)C[C@@]1(CCCc2cc(Cl)ccc21)CO3)[C@@H](C)O. The number of nitrogens with zero attached hydrogens (tertiary/aromatic N) is 1. The van der Waals surface area contributed by atoms with Crippen LogP contribution < -0.4 is 19.7 Å². The molecule has 2 aliphatic heterocycles. The molecule has 0 unspecified atom stereocenters. The Bertz CT molecular complexity index is 1900. The van der Waals surface area contributed by atoms with Crippen molar-refractivity contribution in [1.82, 2.24) is 10.0 Å². The van der Waals surface area contributed by atoms with Crippen molar-refractivity contribution < 1.29 is 42.1 Å². The Morgan fingerprint density at radius 2 is 1.94 bits per heavy atom. The van der Waals surface area contributed by atoms with Gasteiger partial charge in [-0.15, -0.1) is 0 Å². The van der Waals surface area contributed by atoms with Gasteiger partial charge in [-0.05, 0) is 112 Å². The number of allylic oxidation sites excluding steroid dienone is 1. The van der Waals surface area contributed by atoms with Gasteiger partial charge in [0.05, 0.1) is 42.8 Å². The molecule has 2 bridgehead atoms. The molecule has 14 heteroatoms. The zero-order valence-electron chi connectivity index (χ0n) is 31.6. The lowest BCUT2D eigenvalue weighted by molar-refractivity contribution is -0.149. The first kappa shape index (κ1) is 40.0. The molecule has 2 aliphatic carbocycles. The first-order valence-electron chi connectivity index (χ1n) is 18.8. The number of hydrogen-bond donors (Lipinski definition) is 3. The average Bonchev–Trinajstić information content (AvgIpc) is 3.27. The summed E-state index contributed by atoms with van der Waals surface area (Å²) in [4.78, 5) is 42.1.